The molecule has 6 heteroatoms. The molecule has 3 aliphatic heterocycles. The highest BCUT2D eigenvalue weighted by molar-refractivity contribution is 5.84. The number of fused-ring (bicyclic) bond motifs is 1. The number of rotatable bonds is 3. The lowest BCUT2D eigenvalue weighted by Gasteiger charge is -2.34. The number of likely N-dealkylation sites (tertiary alicyclic amines) is 2. The molecule has 0 saturated carbocycles. The molecule has 23 heavy (non-hydrogen) atoms. The van der Waals surface area contributed by atoms with Crippen molar-refractivity contribution in [2.75, 3.05) is 39.4 Å². The van der Waals surface area contributed by atoms with Crippen LogP contribution in [0.5, 0.6) is 0 Å². The molecule has 0 aromatic heterocycles. The van der Waals surface area contributed by atoms with E-state index >= 15 is 0 Å². The fourth-order valence-electron chi connectivity index (χ4n) is 4.37. The van der Waals surface area contributed by atoms with Crippen LogP contribution >= 0.6 is 0 Å². The predicted molar refractivity (Wildman–Crippen MR) is 85.1 cm³/mol. The van der Waals surface area contributed by atoms with Gasteiger partial charge in [-0.3, -0.25) is 14.5 Å². The molecule has 0 radical (unpaired) electrons. The largest absolute Gasteiger partial charge is 0.481 e. The van der Waals surface area contributed by atoms with Gasteiger partial charge >= 0.3 is 5.97 Å². The number of carbonyl (C=O) groups excluding carboxylic acids is 1. The first kappa shape index (κ1) is 16.7. The van der Waals surface area contributed by atoms with E-state index in [2.05, 4.69) is 4.90 Å². The number of ether oxygens (including phenoxy) is 1. The standard InChI is InChI=1S/C17H28N2O4/c1-13(18-7-4-2-3-5-8-18)15(20)19-10-14-11-23-9-6-17(14,12-19)16(21)22/h13-14H,2-12H2,1H3,(H,21,22)/t13?,14-,17+/m0/s1. The van der Waals surface area contributed by atoms with Crippen LogP contribution in [0, 0.1) is 11.3 Å². The van der Waals surface area contributed by atoms with Crippen molar-refractivity contribution in [3.8, 4) is 0 Å². The SMILES string of the molecule is CC(C(=O)N1C[C@H]2COCC[C@@]2(C(=O)O)C1)N1CCCCCC1. The van der Waals surface area contributed by atoms with Crippen LogP contribution in [-0.2, 0) is 14.3 Å². The van der Waals surface area contributed by atoms with E-state index in [-0.39, 0.29) is 17.9 Å². The molecule has 130 valence electrons. The molecule has 1 N–H and O–H groups in total. The summed E-state index contributed by atoms with van der Waals surface area (Å²) in [5, 5.41) is 9.72. The monoisotopic (exact) mass is 324 g/mol. The van der Waals surface area contributed by atoms with Gasteiger partial charge in [0.25, 0.3) is 0 Å². The second kappa shape index (κ2) is 6.77. The average Bonchev–Trinajstić information content (AvgIpc) is 2.75. The Kier molecular flexibility index (Phi) is 4.92. The van der Waals surface area contributed by atoms with Crippen LogP contribution in [0.1, 0.15) is 39.0 Å². The minimum atomic E-state index is -0.799. The Hall–Kier alpha value is -1.14. The predicted octanol–water partition coefficient (Wildman–Crippen LogP) is 1.20. The minimum absolute atomic E-state index is 0.0750. The summed E-state index contributed by atoms with van der Waals surface area (Å²) in [6, 6.07) is -0.153. The maximum atomic E-state index is 12.9. The molecule has 3 aliphatic rings. The summed E-state index contributed by atoms with van der Waals surface area (Å²) in [5.41, 5.74) is -0.799. The number of amides is 1. The smallest absolute Gasteiger partial charge is 0.311 e. The minimum Gasteiger partial charge on any atom is -0.481 e. The number of carboxylic acid groups (broad SMARTS) is 1. The molecule has 0 spiro atoms. The summed E-state index contributed by atoms with van der Waals surface area (Å²) >= 11 is 0. The van der Waals surface area contributed by atoms with Gasteiger partial charge in [0.1, 0.15) is 0 Å². The van der Waals surface area contributed by atoms with Gasteiger partial charge in [0.05, 0.1) is 18.1 Å². The van der Waals surface area contributed by atoms with E-state index in [1.54, 1.807) is 4.90 Å². The Bertz CT molecular complexity index is 462. The molecule has 3 heterocycles. The molecule has 3 rings (SSSR count). The van der Waals surface area contributed by atoms with Crippen LogP contribution in [0.3, 0.4) is 0 Å². The van der Waals surface area contributed by atoms with Gasteiger partial charge in [0, 0.05) is 25.6 Å². The van der Waals surface area contributed by atoms with E-state index in [9.17, 15) is 14.7 Å². The van der Waals surface area contributed by atoms with Crippen LogP contribution in [0.4, 0.5) is 0 Å². The molecular weight excluding hydrogens is 296 g/mol. The van der Waals surface area contributed by atoms with Gasteiger partial charge in [-0.15, -0.1) is 0 Å². The third kappa shape index (κ3) is 3.11. The summed E-state index contributed by atoms with van der Waals surface area (Å²) in [4.78, 5) is 28.8. The van der Waals surface area contributed by atoms with E-state index in [0.717, 1.165) is 25.9 Å². The van der Waals surface area contributed by atoms with Gasteiger partial charge in [0.2, 0.25) is 5.91 Å². The average molecular weight is 324 g/mol. The molecular formula is C17H28N2O4. The first-order valence-corrected chi connectivity index (χ1v) is 8.88. The van der Waals surface area contributed by atoms with Crippen molar-refractivity contribution < 1.29 is 19.4 Å². The van der Waals surface area contributed by atoms with Crippen LogP contribution in [-0.4, -0.2) is 72.2 Å². The van der Waals surface area contributed by atoms with E-state index in [1.165, 1.54) is 12.8 Å². The van der Waals surface area contributed by atoms with Crippen LogP contribution < -0.4 is 0 Å². The molecule has 0 aliphatic carbocycles. The van der Waals surface area contributed by atoms with Crippen molar-refractivity contribution in [1.82, 2.24) is 9.80 Å². The van der Waals surface area contributed by atoms with Crippen molar-refractivity contribution in [3.63, 3.8) is 0 Å². The van der Waals surface area contributed by atoms with Gasteiger partial charge in [-0.25, -0.2) is 0 Å². The van der Waals surface area contributed by atoms with E-state index in [4.69, 9.17) is 4.74 Å². The Balaban J connectivity index is 1.69. The molecule has 3 atom stereocenters. The van der Waals surface area contributed by atoms with Crippen LogP contribution in [0.15, 0.2) is 0 Å². The normalized spacial score (nSPS) is 33.8. The second-order valence-corrected chi connectivity index (χ2v) is 7.33. The van der Waals surface area contributed by atoms with E-state index in [0.29, 0.717) is 32.7 Å². The zero-order valence-electron chi connectivity index (χ0n) is 14.0. The fourth-order valence-corrected chi connectivity index (χ4v) is 4.37. The molecule has 6 nitrogen and oxygen atoms in total. The van der Waals surface area contributed by atoms with Gasteiger partial charge in [0.15, 0.2) is 0 Å². The van der Waals surface area contributed by atoms with Crippen molar-refractivity contribution in [1.29, 1.82) is 0 Å². The van der Waals surface area contributed by atoms with Crippen molar-refractivity contribution in [3.05, 3.63) is 0 Å². The topological polar surface area (TPSA) is 70.1 Å². The molecule has 3 fully saturated rings. The Morgan fingerprint density at radius 3 is 2.52 bits per heavy atom. The Labute approximate surface area is 137 Å². The van der Waals surface area contributed by atoms with Crippen molar-refractivity contribution in [2.24, 2.45) is 11.3 Å². The van der Waals surface area contributed by atoms with Gasteiger partial charge < -0.3 is 14.7 Å². The number of carbonyl (C=O) groups is 2. The quantitative estimate of drug-likeness (QED) is 0.845. The highest BCUT2D eigenvalue weighted by atomic mass is 16.5. The molecule has 0 aromatic carbocycles. The lowest BCUT2D eigenvalue weighted by atomic mass is 9.74. The Morgan fingerprint density at radius 1 is 1.22 bits per heavy atom. The Morgan fingerprint density at radius 2 is 1.91 bits per heavy atom. The fraction of sp³-hybridized carbons (Fsp3) is 0.882. The lowest BCUT2D eigenvalue weighted by Crippen LogP contribution is -2.48. The lowest BCUT2D eigenvalue weighted by molar-refractivity contribution is -0.157. The third-order valence-electron chi connectivity index (χ3n) is 5.99. The first-order chi connectivity index (χ1) is 11.0. The van der Waals surface area contributed by atoms with Gasteiger partial charge in [-0.05, 0) is 39.3 Å². The number of carboxylic acids is 1. The van der Waals surface area contributed by atoms with Crippen molar-refractivity contribution >= 4 is 11.9 Å². The molecule has 0 aromatic rings. The van der Waals surface area contributed by atoms with E-state index in [1.807, 2.05) is 6.92 Å². The van der Waals surface area contributed by atoms with Crippen molar-refractivity contribution in [2.45, 2.75) is 45.1 Å². The number of nitrogens with zero attached hydrogens (tertiary/aromatic N) is 2. The molecule has 0 bridgehead atoms. The first-order valence-electron chi connectivity index (χ1n) is 8.88. The summed E-state index contributed by atoms with van der Waals surface area (Å²) in [6.07, 6.45) is 5.28. The second-order valence-electron chi connectivity index (χ2n) is 7.33. The highest BCUT2D eigenvalue weighted by Crippen LogP contribution is 2.42. The van der Waals surface area contributed by atoms with Gasteiger partial charge in [-0.1, -0.05) is 12.8 Å². The zero-order chi connectivity index (χ0) is 16.4. The number of hydrogen-bond donors (Lipinski definition) is 1. The summed E-state index contributed by atoms with van der Waals surface area (Å²) in [7, 11) is 0. The molecule has 3 saturated heterocycles. The number of hydrogen-bond acceptors (Lipinski definition) is 4. The van der Waals surface area contributed by atoms with Gasteiger partial charge in [-0.2, -0.15) is 0 Å². The van der Waals surface area contributed by atoms with E-state index < -0.39 is 11.4 Å². The molecule has 1 amide bonds. The van der Waals surface area contributed by atoms with Crippen LogP contribution in [0.2, 0.25) is 0 Å². The van der Waals surface area contributed by atoms with Crippen LogP contribution in [0.25, 0.3) is 0 Å². The summed E-state index contributed by atoms with van der Waals surface area (Å²) in [5.74, 6) is -0.764. The highest BCUT2D eigenvalue weighted by Gasteiger charge is 2.55. The summed E-state index contributed by atoms with van der Waals surface area (Å²) < 4.78 is 5.47. The third-order valence-corrected chi connectivity index (χ3v) is 5.99. The number of aliphatic carboxylic acids is 1. The summed E-state index contributed by atoms with van der Waals surface area (Å²) in [6.45, 7) is 5.70. The zero-order valence-corrected chi connectivity index (χ0v) is 14.0. The maximum Gasteiger partial charge on any atom is 0.311 e. The molecule has 1 unspecified atom stereocenters. The maximum absolute atomic E-state index is 12.9.